The molecule has 1 aliphatic rings. The molecule has 25 heavy (non-hydrogen) atoms. The number of imide groups is 1. The first-order valence-corrected chi connectivity index (χ1v) is 8.52. The Morgan fingerprint density at radius 3 is 2.36 bits per heavy atom. The number of hydrogen-bond donors (Lipinski definition) is 2. The van der Waals surface area contributed by atoms with Crippen LogP contribution in [0.4, 0.5) is 4.79 Å². The van der Waals surface area contributed by atoms with Crippen LogP contribution in [0.3, 0.4) is 0 Å². The Kier molecular flexibility index (Phi) is 5.25. The lowest BCUT2D eigenvalue weighted by Gasteiger charge is -2.21. The molecular weight excluding hydrogens is 322 g/mol. The molecule has 1 heterocycles. The number of nitrogens with zero attached hydrogens (tertiary/aromatic N) is 1. The first-order valence-electron chi connectivity index (χ1n) is 8.52. The van der Waals surface area contributed by atoms with E-state index in [9.17, 15) is 14.4 Å². The lowest BCUT2D eigenvalue weighted by molar-refractivity contribution is -0.127. The van der Waals surface area contributed by atoms with Crippen molar-refractivity contribution in [1.29, 1.82) is 0 Å². The van der Waals surface area contributed by atoms with Crippen molar-refractivity contribution in [3.8, 4) is 0 Å². The second-order valence-corrected chi connectivity index (χ2v) is 7.63. The fraction of sp³-hybridized carbons (Fsp3) is 0.611. The molecule has 0 saturated heterocycles. The van der Waals surface area contributed by atoms with Crippen molar-refractivity contribution in [2.24, 2.45) is 0 Å². The molecule has 1 aromatic heterocycles. The van der Waals surface area contributed by atoms with Crippen molar-refractivity contribution < 1.29 is 19.1 Å². The number of rotatable bonds is 4. The molecule has 7 heteroatoms. The summed E-state index contributed by atoms with van der Waals surface area (Å²) in [5, 5.41) is 4.80. The standard InChI is InChI=1S/C18H27N3O4/c1-10-9-14(11(2)21(10)13-7-8-13)16(23)25-12(3)15(22)19-17(24)20-18(4,5)6/h9,12-13H,7-8H2,1-6H3,(H2,19,20,22,24). The number of ether oxygens (including phenoxy) is 1. The van der Waals surface area contributed by atoms with Gasteiger partial charge in [-0.1, -0.05) is 0 Å². The lowest BCUT2D eigenvalue weighted by Crippen LogP contribution is -2.50. The second kappa shape index (κ2) is 6.90. The predicted molar refractivity (Wildman–Crippen MR) is 93.5 cm³/mol. The van der Waals surface area contributed by atoms with E-state index in [1.54, 1.807) is 26.8 Å². The summed E-state index contributed by atoms with van der Waals surface area (Å²) in [6, 6.07) is 1.63. The van der Waals surface area contributed by atoms with Gasteiger partial charge in [-0.05, 0) is 60.5 Å². The average molecular weight is 349 g/mol. The maximum Gasteiger partial charge on any atom is 0.340 e. The van der Waals surface area contributed by atoms with E-state index in [1.807, 2.05) is 13.8 Å². The van der Waals surface area contributed by atoms with Crippen LogP contribution in [0, 0.1) is 13.8 Å². The molecule has 0 radical (unpaired) electrons. The molecule has 0 aromatic carbocycles. The molecule has 7 nitrogen and oxygen atoms in total. The highest BCUT2D eigenvalue weighted by atomic mass is 16.5. The Labute approximate surface area is 148 Å². The first kappa shape index (κ1) is 19.0. The summed E-state index contributed by atoms with van der Waals surface area (Å²) in [4.78, 5) is 36.1. The molecule has 2 N–H and O–H groups in total. The summed E-state index contributed by atoms with van der Waals surface area (Å²) in [5.74, 6) is -1.22. The largest absolute Gasteiger partial charge is 0.449 e. The fourth-order valence-electron chi connectivity index (χ4n) is 2.74. The van der Waals surface area contributed by atoms with Gasteiger partial charge in [0.25, 0.3) is 5.91 Å². The van der Waals surface area contributed by atoms with Gasteiger partial charge in [0.1, 0.15) is 0 Å². The summed E-state index contributed by atoms with van der Waals surface area (Å²) in [5.41, 5.74) is 1.85. The zero-order valence-electron chi connectivity index (χ0n) is 15.7. The number of carbonyl (C=O) groups excluding carboxylic acids is 3. The quantitative estimate of drug-likeness (QED) is 0.818. The molecule has 1 aromatic rings. The highest BCUT2D eigenvalue weighted by Gasteiger charge is 2.30. The topological polar surface area (TPSA) is 89.4 Å². The lowest BCUT2D eigenvalue weighted by atomic mass is 10.1. The average Bonchev–Trinajstić information content (AvgIpc) is 3.22. The van der Waals surface area contributed by atoms with Crippen molar-refractivity contribution in [3.05, 3.63) is 23.0 Å². The number of hydrogen-bond acceptors (Lipinski definition) is 4. The molecule has 0 aliphatic heterocycles. The van der Waals surface area contributed by atoms with Gasteiger partial charge in [0.2, 0.25) is 0 Å². The van der Waals surface area contributed by atoms with Crippen molar-refractivity contribution in [1.82, 2.24) is 15.2 Å². The predicted octanol–water partition coefficient (Wildman–Crippen LogP) is 2.61. The van der Waals surface area contributed by atoms with Crippen LogP contribution in [0.25, 0.3) is 0 Å². The van der Waals surface area contributed by atoms with Crippen molar-refractivity contribution in [2.75, 3.05) is 0 Å². The maximum atomic E-state index is 12.4. The monoisotopic (exact) mass is 349 g/mol. The van der Waals surface area contributed by atoms with Gasteiger partial charge < -0.3 is 14.6 Å². The normalized spacial score (nSPS) is 15.4. The third kappa shape index (κ3) is 4.84. The van der Waals surface area contributed by atoms with Gasteiger partial charge in [-0.15, -0.1) is 0 Å². The molecular formula is C18H27N3O4. The number of aryl methyl sites for hydroxylation is 1. The Bertz CT molecular complexity index is 696. The minimum Gasteiger partial charge on any atom is -0.449 e. The SMILES string of the molecule is Cc1cc(C(=O)OC(C)C(=O)NC(=O)NC(C)(C)C)c(C)n1C1CC1. The zero-order chi connectivity index (χ0) is 18.9. The minimum atomic E-state index is -1.07. The second-order valence-electron chi connectivity index (χ2n) is 7.63. The summed E-state index contributed by atoms with van der Waals surface area (Å²) in [7, 11) is 0. The van der Waals surface area contributed by atoms with Crippen LogP contribution in [0.1, 0.15) is 68.3 Å². The van der Waals surface area contributed by atoms with Gasteiger partial charge in [0.05, 0.1) is 5.56 Å². The summed E-state index contributed by atoms with van der Waals surface area (Å²) in [6.07, 6.45) is 1.17. The van der Waals surface area contributed by atoms with Gasteiger partial charge in [0.15, 0.2) is 6.10 Å². The van der Waals surface area contributed by atoms with E-state index in [0.29, 0.717) is 11.6 Å². The van der Waals surface area contributed by atoms with Crippen molar-refractivity contribution in [3.63, 3.8) is 0 Å². The van der Waals surface area contributed by atoms with Gasteiger partial charge in [-0.25, -0.2) is 9.59 Å². The number of aromatic nitrogens is 1. The maximum absolute atomic E-state index is 12.4. The number of carbonyl (C=O) groups is 3. The summed E-state index contributed by atoms with van der Waals surface area (Å²) < 4.78 is 7.37. The van der Waals surface area contributed by atoms with E-state index in [0.717, 1.165) is 24.2 Å². The van der Waals surface area contributed by atoms with E-state index >= 15 is 0 Å². The molecule has 0 bridgehead atoms. The number of urea groups is 1. The Morgan fingerprint density at radius 1 is 1.24 bits per heavy atom. The van der Waals surface area contributed by atoms with E-state index in [-0.39, 0.29) is 0 Å². The van der Waals surface area contributed by atoms with Gasteiger partial charge in [0, 0.05) is 23.0 Å². The van der Waals surface area contributed by atoms with E-state index in [2.05, 4.69) is 15.2 Å². The van der Waals surface area contributed by atoms with Gasteiger partial charge >= 0.3 is 12.0 Å². The molecule has 138 valence electrons. The molecule has 2 rings (SSSR count). The van der Waals surface area contributed by atoms with Crippen LogP contribution in [0.5, 0.6) is 0 Å². The highest BCUT2D eigenvalue weighted by Crippen LogP contribution is 2.38. The molecule has 1 saturated carbocycles. The summed E-state index contributed by atoms with van der Waals surface area (Å²) in [6.45, 7) is 10.7. The Balaban J connectivity index is 1.97. The van der Waals surface area contributed by atoms with Gasteiger partial charge in [-0.3, -0.25) is 10.1 Å². The molecule has 0 spiro atoms. The van der Waals surface area contributed by atoms with Gasteiger partial charge in [-0.2, -0.15) is 0 Å². The number of amides is 3. The van der Waals surface area contributed by atoms with E-state index in [1.165, 1.54) is 6.92 Å². The van der Waals surface area contributed by atoms with Crippen LogP contribution in [0.15, 0.2) is 6.07 Å². The van der Waals surface area contributed by atoms with Crippen LogP contribution in [-0.4, -0.2) is 34.1 Å². The van der Waals surface area contributed by atoms with Crippen LogP contribution in [0.2, 0.25) is 0 Å². The smallest absolute Gasteiger partial charge is 0.340 e. The molecule has 1 aliphatic carbocycles. The van der Waals surface area contributed by atoms with E-state index in [4.69, 9.17) is 4.74 Å². The fourth-order valence-corrected chi connectivity index (χ4v) is 2.74. The minimum absolute atomic E-state index is 0.461. The number of nitrogens with one attached hydrogen (secondary N) is 2. The Morgan fingerprint density at radius 2 is 1.84 bits per heavy atom. The zero-order valence-corrected chi connectivity index (χ0v) is 15.7. The third-order valence-corrected chi connectivity index (χ3v) is 3.99. The molecule has 1 fully saturated rings. The molecule has 1 unspecified atom stereocenters. The summed E-state index contributed by atoms with van der Waals surface area (Å²) >= 11 is 0. The third-order valence-electron chi connectivity index (χ3n) is 3.99. The van der Waals surface area contributed by atoms with Crippen molar-refractivity contribution >= 4 is 17.9 Å². The Hall–Kier alpha value is -2.31. The first-order chi connectivity index (χ1) is 11.5. The number of esters is 1. The van der Waals surface area contributed by atoms with Crippen molar-refractivity contribution in [2.45, 2.75) is 72.1 Å². The van der Waals surface area contributed by atoms with Crippen LogP contribution < -0.4 is 10.6 Å². The molecule has 1 atom stereocenters. The van der Waals surface area contributed by atoms with E-state index < -0.39 is 29.6 Å². The van der Waals surface area contributed by atoms with Crippen LogP contribution in [-0.2, 0) is 9.53 Å². The molecule has 3 amide bonds. The van der Waals surface area contributed by atoms with Crippen LogP contribution >= 0.6 is 0 Å². The highest BCUT2D eigenvalue weighted by molar-refractivity contribution is 5.99.